The molecule has 4 rings (SSSR count). The van der Waals surface area contributed by atoms with Gasteiger partial charge in [0.2, 0.25) is 0 Å². The smallest absolute Gasteiger partial charge is 0.127 e. The SMILES string of the molecule is N#Cc1ccc(F)c(CN2CCC[C@H]2Cn2cnc3ccccc32)c1. The summed E-state index contributed by atoms with van der Waals surface area (Å²) in [6, 6.07) is 15.1. The molecular weight excluding hydrogens is 315 g/mol. The summed E-state index contributed by atoms with van der Waals surface area (Å²) in [6.45, 7) is 2.34. The fourth-order valence-corrected chi connectivity index (χ4v) is 3.68. The summed E-state index contributed by atoms with van der Waals surface area (Å²) in [5.41, 5.74) is 3.24. The van der Waals surface area contributed by atoms with Crippen molar-refractivity contribution in [3.8, 4) is 6.07 Å². The molecule has 126 valence electrons. The lowest BCUT2D eigenvalue weighted by Gasteiger charge is -2.25. The summed E-state index contributed by atoms with van der Waals surface area (Å²) in [4.78, 5) is 6.77. The topological polar surface area (TPSA) is 44.9 Å². The minimum Gasteiger partial charge on any atom is -0.329 e. The zero-order valence-corrected chi connectivity index (χ0v) is 13.9. The number of hydrogen-bond donors (Lipinski definition) is 0. The van der Waals surface area contributed by atoms with Gasteiger partial charge in [0.05, 0.1) is 29.0 Å². The minimum atomic E-state index is -0.238. The van der Waals surface area contributed by atoms with Gasteiger partial charge in [-0.3, -0.25) is 4.90 Å². The van der Waals surface area contributed by atoms with E-state index in [1.165, 1.54) is 12.1 Å². The second kappa shape index (κ2) is 6.66. The van der Waals surface area contributed by atoms with Crippen molar-refractivity contribution in [1.82, 2.24) is 14.5 Å². The first kappa shape index (κ1) is 15.8. The molecule has 1 saturated heterocycles. The van der Waals surface area contributed by atoms with Gasteiger partial charge in [-0.2, -0.15) is 5.26 Å². The second-order valence-electron chi connectivity index (χ2n) is 6.57. The maximum Gasteiger partial charge on any atom is 0.127 e. The minimum absolute atomic E-state index is 0.238. The Morgan fingerprint density at radius 3 is 3.00 bits per heavy atom. The van der Waals surface area contributed by atoms with Gasteiger partial charge in [0.15, 0.2) is 0 Å². The number of fused-ring (bicyclic) bond motifs is 1. The third-order valence-corrected chi connectivity index (χ3v) is 4.98. The Labute approximate surface area is 146 Å². The van der Waals surface area contributed by atoms with E-state index in [4.69, 9.17) is 5.26 Å². The number of hydrogen-bond acceptors (Lipinski definition) is 3. The van der Waals surface area contributed by atoms with E-state index in [-0.39, 0.29) is 5.82 Å². The van der Waals surface area contributed by atoms with Crippen LogP contribution in [0.1, 0.15) is 24.0 Å². The van der Waals surface area contributed by atoms with E-state index in [9.17, 15) is 4.39 Å². The molecule has 5 heteroatoms. The lowest BCUT2D eigenvalue weighted by Crippen LogP contribution is -2.32. The van der Waals surface area contributed by atoms with Gasteiger partial charge in [-0.25, -0.2) is 9.37 Å². The van der Waals surface area contributed by atoms with E-state index in [0.717, 1.165) is 37.0 Å². The molecule has 1 aliphatic heterocycles. The first-order valence-corrected chi connectivity index (χ1v) is 8.57. The number of nitriles is 1. The molecule has 2 aromatic carbocycles. The molecule has 0 saturated carbocycles. The molecule has 1 aromatic heterocycles. The van der Waals surface area contributed by atoms with Gasteiger partial charge in [0, 0.05) is 24.7 Å². The average molecular weight is 334 g/mol. The van der Waals surface area contributed by atoms with Crippen molar-refractivity contribution in [3.63, 3.8) is 0 Å². The third kappa shape index (κ3) is 3.13. The van der Waals surface area contributed by atoms with Crippen molar-refractivity contribution < 1.29 is 4.39 Å². The Morgan fingerprint density at radius 1 is 1.24 bits per heavy atom. The van der Waals surface area contributed by atoms with Crippen LogP contribution < -0.4 is 0 Å². The van der Waals surface area contributed by atoms with Gasteiger partial charge in [-0.05, 0) is 49.7 Å². The standard InChI is InChI=1S/C20H19FN4/c21-18-8-7-15(11-22)10-16(18)12-24-9-3-4-17(24)13-25-14-23-19-5-1-2-6-20(19)25/h1-2,5-8,10,14,17H,3-4,9,12-13H2/t17-/m0/s1. The highest BCUT2D eigenvalue weighted by molar-refractivity contribution is 5.74. The maximum atomic E-state index is 14.1. The molecule has 0 unspecified atom stereocenters. The van der Waals surface area contributed by atoms with Crippen molar-refractivity contribution in [2.24, 2.45) is 0 Å². The maximum absolute atomic E-state index is 14.1. The first-order valence-electron chi connectivity index (χ1n) is 8.57. The summed E-state index contributed by atoms with van der Waals surface area (Å²) >= 11 is 0. The van der Waals surface area contributed by atoms with E-state index in [1.807, 2.05) is 24.5 Å². The highest BCUT2D eigenvalue weighted by Gasteiger charge is 2.26. The van der Waals surface area contributed by atoms with Crippen molar-refractivity contribution in [1.29, 1.82) is 5.26 Å². The molecule has 0 aliphatic carbocycles. The van der Waals surface area contributed by atoms with Crippen molar-refractivity contribution >= 4 is 11.0 Å². The number of benzene rings is 2. The largest absolute Gasteiger partial charge is 0.329 e. The van der Waals surface area contributed by atoms with E-state index >= 15 is 0 Å². The van der Waals surface area contributed by atoms with Crippen LogP contribution in [-0.2, 0) is 13.1 Å². The van der Waals surface area contributed by atoms with E-state index < -0.39 is 0 Å². The predicted octanol–water partition coefficient (Wildman–Crippen LogP) is 3.71. The van der Waals surface area contributed by atoms with E-state index in [1.54, 1.807) is 6.07 Å². The van der Waals surface area contributed by atoms with Gasteiger partial charge >= 0.3 is 0 Å². The molecule has 1 fully saturated rings. The Morgan fingerprint density at radius 2 is 2.12 bits per heavy atom. The van der Waals surface area contributed by atoms with Crippen LogP contribution in [0.25, 0.3) is 11.0 Å². The predicted molar refractivity (Wildman–Crippen MR) is 94.3 cm³/mol. The zero-order valence-electron chi connectivity index (χ0n) is 13.9. The lowest BCUT2D eigenvalue weighted by atomic mass is 10.1. The Hall–Kier alpha value is -2.71. The lowest BCUT2D eigenvalue weighted by molar-refractivity contribution is 0.223. The number of halogens is 1. The van der Waals surface area contributed by atoms with Crippen LogP contribution in [0.15, 0.2) is 48.8 Å². The molecule has 0 bridgehead atoms. The second-order valence-corrected chi connectivity index (χ2v) is 6.57. The molecule has 0 radical (unpaired) electrons. The van der Waals surface area contributed by atoms with Crippen molar-refractivity contribution in [2.45, 2.75) is 32.0 Å². The molecule has 0 amide bonds. The van der Waals surface area contributed by atoms with Crippen LogP contribution in [0.3, 0.4) is 0 Å². The summed E-state index contributed by atoms with van der Waals surface area (Å²) in [5.74, 6) is -0.238. The number of aromatic nitrogens is 2. The van der Waals surface area contributed by atoms with Crippen LogP contribution in [0.2, 0.25) is 0 Å². The number of rotatable bonds is 4. The summed E-state index contributed by atoms with van der Waals surface area (Å²) < 4.78 is 16.3. The number of para-hydroxylation sites is 2. The number of likely N-dealkylation sites (tertiary alicyclic amines) is 1. The van der Waals surface area contributed by atoms with Crippen molar-refractivity contribution in [3.05, 3.63) is 65.7 Å². The number of nitrogens with zero attached hydrogens (tertiary/aromatic N) is 4. The molecule has 1 aliphatic rings. The van der Waals surface area contributed by atoms with Gasteiger partial charge in [-0.15, -0.1) is 0 Å². The molecule has 1 atom stereocenters. The fraction of sp³-hybridized carbons (Fsp3) is 0.300. The Balaban J connectivity index is 1.54. The van der Waals surface area contributed by atoms with E-state index in [0.29, 0.717) is 23.7 Å². The molecule has 0 spiro atoms. The highest BCUT2D eigenvalue weighted by Crippen LogP contribution is 2.24. The van der Waals surface area contributed by atoms with Gasteiger partial charge in [-0.1, -0.05) is 12.1 Å². The van der Waals surface area contributed by atoms with E-state index in [2.05, 4.69) is 26.6 Å². The summed E-state index contributed by atoms with van der Waals surface area (Å²) in [5, 5.41) is 9.04. The molecular formula is C20H19FN4. The quantitative estimate of drug-likeness (QED) is 0.730. The molecule has 3 aromatic rings. The molecule has 2 heterocycles. The Kier molecular flexibility index (Phi) is 4.21. The molecule has 4 nitrogen and oxygen atoms in total. The molecule has 25 heavy (non-hydrogen) atoms. The fourth-order valence-electron chi connectivity index (χ4n) is 3.68. The highest BCUT2D eigenvalue weighted by atomic mass is 19.1. The Bertz CT molecular complexity index is 940. The first-order chi connectivity index (χ1) is 12.2. The van der Waals surface area contributed by atoms with Crippen LogP contribution in [0, 0.1) is 17.1 Å². The van der Waals surface area contributed by atoms with Crippen LogP contribution in [0.4, 0.5) is 4.39 Å². The number of imidazole rings is 1. The third-order valence-electron chi connectivity index (χ3n) is 4.98. The summed E-state index contributed by atoms with van der Waals surface area (Å²) in [7, 11) is 0. The van der Waals surface area contributed by atoms with Gasteiger partial charge in [0.1, 0.15) is 5.82 Å². The van der Waals surface area contributed by atoms with Crippen LogP contribution >= 0.6 is 0 Å². The van der Waals surface area contributed by atoms with Crippen LogP contribution in [-0.4, -0.2) is 27.0 Å². The molecule has 0 N–H and O–H groups in total. The van der Waals surface area contributed by atoms with Gasteiger partial charge < -0.3 is 4.57 Å². The normalized spacial score (nSPS) is 17.8. The average Bonchev–Trinajstić information content (AvgIpc) is 3.25. The van der Waals surface area contributed by atoms with Gasteiger partial charge in [0.25, 0.3) is 0 Å². The monoisotopic (exact) mass is 334 g/mol. The zero-order chi connectivity index (χ0) is 17.2. The van der Waals surface area contributed by atoms with Crippen LogP contribution in [0.5, 0.6) is 0 Å². The van der Waals surface area contributed by atoms with Crippen molar-refractivity contribution in [2.75, 3.05) is 6.54 Å². The summed E-state index contributed by atoms with van der Waals surface area (Å²) in [6.07, 6.45) is 4.08.